The highest BCUT2D eigenvalue weighted by Crippen LogP contribution is 2.40. The van der Waals surface area contributed by atoms with Gasteiger partial charge >= 0.3 is 5.97 Å². The summed E-state index contributed by atoms with van der Waals surface area (Å²) < 4.78 is 16.6. The van der Waals surface area contributed by atoms with Crippen molar-refractivity contribution in [1.29, 1.82) is 0 Å². The number of aliphatic carboxylic acids is 1. The van der Waals surface area contributed by atoms with Crippen molar-refractivity contribution in [3.8, 4) is 28.4 Å². The minimum atomic E-state index is -1.03. The Balaban J connectivity index is 2.12. The average Bonchev–Trinajstić information content (AvgIpc) is 2.99. The van der Waals surface area contributed by atoms with Crippen LogP contribution in [0.1, 0.15) is 19.0 Å². The van der Waals surface area contributed by atoms with Crippen LogP contribution < -0.4 is 14.2 Å². The summed E-state index contributed by atoms with van der Waals surface area (Å²) >= 11 is 0. The molecule has 3 aromatic rings. The second-order valence-corrected chi connectivity index (χ2v) is 6.23. The Morgan fingerprint density at radius 2 is 1.89 bits per heavy atom. The number of aromatic amines is 1. The Labute approximate surface area is 157 Å². The Morgan fingerprint density at radius 3 is 2.59 bits per heavy atom. The molecule has 6 nitrogen and oxygen atoms in total. The predicted molar refractivity (Wildman–Crippen MR) is 104 cm³/mol. The molecule has 0 saturated carbocycles. The summed E-state index contributed by atoms with van der Waals surface area (Å²) in [5, 5.41) is 9.98. The molecule has 0 fully saturated rings. The molecule has 0 atom stereocenters. The van der Waals surface area contributed by atoms with Crippen molar-refractivity contribution < 1.29 is 24.1 Å². The van der Waals surface area contributed by atoms with Gasteiger partial charge in [-0.2, -0.15) is 0 Å². The molecule has 0 aliphatic carbocycles. The van der Waals surface area contributed by atoms with Crippen molar-refractivity contribution in [2.75, 3.05) is 20.3 Å². The van der Waals surface area contributed by atoms with Gasteiger partial charge in [0.05, 0.1) is 13.7 Å². The van der Waals surface area contributed by atoms with Crippen LogP contribution in [-0.2, 0) is 4.79 Å². The maximum atomic E-state index is 11.0. The number of hydrogen-bond acceptors (Lipinski definition) is 4. The molecule has 0 aliphatic rings. The van der Waals surface area contributed by atoms with Crippen molar-refractivity contribution in [3.63, 3.8) is 0 Å². The van der Waals surface area contributed by atoms with Crippen LogP contribution >= 0.6 is 0 Å². The first-order valence-electron chi connectivity index (χ1n) is 8.81. The van der Waals surface area contributed by atoms with E-state index >= 15 is 0 Å². The first kappa shape index (κ1) is 18.6. The number of nitrogens with one attached hydrogen (secondary N) is 1. The smallest absolute Gasteiger partial charge is 0.341 e. The fourth-order valence-electron chi connectivity index (χ4n) is 3.06. The van der Waals surface area contributed by atoms with Gasteiger partial charge in [0.2, 0.25) is 0 Å². The van der Waals surface area contributed by atoms with E-state index in [9.17, 15) is 4.79 Å². The number of carboxylic acid groups (broad SMARTS) is 1. The highest BCUT2D eigenvalue weighted by molar-refractivity contribution is 5.99. The van der Waals surface area contributed by atoms with E-state index in [0.717, 1.165) is 39.9 Å². The Kier molecular flexibility index (Phi) is 5.54. The maximum Gasteiger partial charge on any atom is 0.341 e. The summed E-state index contributed by atoms with van der Waals surface area (Å²) in [5.41, 5.74) is 3.69. The lowest BCUT2D eigenvalue weighted by Gasteiger charge is -2.13. The largest absolute Gasteiger partial charge is 0.497 e. The zero-order valence-corrected chi connectivity index (χ0v) is 15.7. The van der Waals surface area contributed by atoms with E-state index in [1.165, 1.54) is 0 Å². The van der Waals surface area contributed by atoms with Gasteiger partial charge in [-0.15, -0.1) is 0 Å². The third-order valence-corrected chi connectivity index (χ3v) is 4.24. The molecule has 0 aliphatic heterocycles. The predicted octanol–water partition coefficient (Wildman–Crippen LogP) is 4.40. The third-order valence-electron chi connectivity index (χ3n) is 4.24. The minimum Gasteiger partial charge on any atom is -0.497 e. The van der Waals surface area contributed by atoms with Gasteiger partial charge in [-0.3, -0.25) is 0 Å². The number of carboxylic acids is 1. The summed E-state index contributed by atoms with van der Waals surface area (Å²) in [5.74, 6) is 0.824. The van der Waals surface area contributed by atoms with Gasteiger partial charge in [-0.1, -0.05) is 6.92 Å². The number of fused-ring (bicyclic) bond motifs is 1. The van der Waals surface area contributed by atoms with E-state index in [-0.39, 0.29) is 0 Å². The molecule has 2 aromatic carbocycles. The molecule has 0 spiro atoms. The molecule has 0 unspecified atom stereocenters. The highest BCUT2D eigenvalue weighted by atomic mass is 16.5. The quantitative estimate of drug-likeness (QED) is 0.615. The van der Waals surface area contributed by atoms with Crippen molar-refractivity contribution in [1.82, 2.24) is 4.98 Å². The van der Waals surface area contributed by atoms with Crippen LogP contribution in [0.25, 0.3) is 22.0 Å². The van der Waals surface area contributed by atoms with Gasteiger partial charge in [-0.25, -0.2) is 4.79 Å². The molecule has 3 rings (SSSR count). The molecule has 27 heavy (non-hydrogen) atoms. The summed E-state index contributed by atoms with van der Waals surface area (Å²) in [6, 6.07) is 11.3. The molecule has 2 N–H and O–H groups in total. The lowest BCUT2D eigenvalue weighted by Crippen LogP contribution is -2.10. The first-order valence-corrected chi connectivity index (χ1v) is 8.81. The molecule has 1 aromatic heterocycles. The van der Waals surface area contributed by atoms with Crippen molar-refractivity contribution in [2.45, 2.75) is 20.3 Å². The monoisotopic (exact) mass is 369 g/mol. The van der Waals surface area contributed by atoms with Crippen molar-refractivity contribution in [3.05, 3.63) is 42.1 Å². The Hall–Kier alpha value is -3.15. The van der Waals surface area contributed by atoms with Gasteiger partial charge in [0, 0.05) is 33.8 Å². The molecular formula is C21H23NO5. The normalized spacial score (nSPS) is 10.8. The van der Waals surface area contributed by atoms with Crippen molar-refractivity contribution >= 4 is 16.9 Å². The number of ether oxygens (including phenoxy) is 3. The average molecular weight is 369 g/mol. The number of carbonyl (C=O) groups is 1. The zero-order chi connectivity index (χ0) is 19.4. The van der Waals surface area contributed by atoms with Crippen LogP contribution in [0.2, 0.25) is 0 Å². The van der Waals surface area contributed by atoms with Gasteiger partial charge in [0.15, 0.2) is 6.61 Å². The Bertz CT molecular complexity index is 961. The summed E-state index contributed by atoms with van der Waals surface area (Å²) in [4.78, 5) is 14.3. The standard InChI is InChI=1S/C21H23NO5/c1-4-9-26-15-6-8-18-17(10-15)21(13(2)22-18)16-7-5-14(25-3)11-19(16)27-12-20(23)24/h5-8,10-11,22H,4,9,12H2,1-3H3,(H,23,24). The molecule has 6 heteroatoms. The van der Waals surface area contributed by atoms with Crippen LogP contribution in [0, 0.1) is 6.92 Å². The summed E-state index contributed by atoms with van der Waals surface area (Å²) in [6.07, 6.45) is 0.933. The molecule has 0 saturated heterocycles. The molecule has 142 valence electrons. The van der Waals surface area contributed by atoms with Crippen LogP contribution in [-0.4, -0.2) is 36.4 Å². The minimum absolute atomic E-state index is 0.424. The number of methoxy groups -OCH3 is 1. The number of aromatic nitrogens is 1. The first-order chi connectivity index (χ1) is 13.0. The van der Waals surface area contributed by atoms with Crippen LogP contribution in [0.3, 0.4) is 0 Å². The number of rotatable bonds is 8. The number of aryl methyl sites for hydroxylation is 1. The van der Waals surface area contributed by atoms with E-state index in [1.807, 2.05) is 37.3 Å². The van der Waals surface area contributed by atoms with Crippen LogP contribution in [0.5, 0.6) is 17.2 Å². The Morgan fingerprint density at radius 1 is 1.11 bits per heavy atom. The molecular weight excluding hydrogens is 346 g/mol. The van der Waals surface area contributed by atoms with E-state index in [0.29, 0.717) is 18.1 Å². The topological polar surface area (TPSA) is 80.8 Å². The highest BCUT2D eigenvalue weighted by Gasteiger charge is 2.17. The lowest BCUT2D eigenvalue weighted by molar-refractivity contribution is -0.139. The van der Waals surface area contributed by atoms with E-state index < -0.39 is 12.6 Å². The molecule has 0 bridgehead atoms. The van der Waals surface area contributed by atoms with E-state index in [2.05, 4.69) is 11.9 Å². The van der Waals surface area contributed by atoms with Crippen molar-refractivity contribution in [2.24, 2.45) is 0 Å². The fraction of sp³-hybridized carbons (Fsp3) is 0.286. The lowest BCUT2D eigenvalue weighted by atomic mass is 10.0. The van der Waals surface area contributed by atoms with Crippen LogP contribution in [0.15, 0.2) is 36.4 Å². The molecule has 0 radical (unpaired) electrons. The van der Waals surface area contributed by atoms with Gasteiger partial charge in [-0.05, 0) is 43.7 Å². The summed E-state index contributed by atoms with van der Waals surface area (Å²) in [7, 11) is 1.56. The van der Waals surface area contributed by atoms with Gasteiger partial charge in [0.25, 0.3) is 0 Å². The second kappa shape index (κ2) is 8.03. The zero-order valence-electron chi connectivity index (χ0n) is 15.7. The second-order valence-electron chi connectivity index (χ2n) is 6.23. The number of H-pyrrole nitrogens is 1. The number of benzene rings is 2. The van der Waals surface area contributed by atoms with E-state index in [1.54, 1.807) is 13.2 Å². The number of hydrogen-bond donors (Lipinski definition) is 2. The maximum absolute atomic E-state index is 11.0. The molecule has 0 amide bonds. The van der Waals surface area contributed by atoms with Gasteiger partial charge in [0.1, 0.15) is 17.2 Å². The fourth-order valence-corrected chi connectivity index (χ4v) is 3.06. The third kappa shape index (κ3) is 4.00. The van der Waals surface area contributed by atoms with Crippen LogP contribution in [0.4, 0.5) is 0 Å². The SMILES string of the molecule is CCCOc1ccc2[nH]c(C)c(-c3ccc(OC)cc3OCC(=O)O)c2c1. The van der Waals surface area contributed by atoms with Gasteiger partial charge < -0.3 is 24.3 Å². The summed E-state index contributed by atoms with van der Waals surface area (Å²) in [6.45, 7) is 4.27. The molecule has 1 heterocycles. The van der Waals surface area contributed by atoms with E-state index in [4.69, 9.17) is 19.3 Å².